The fourth-order valence-electron chi connectivity index (χ4n) is 2.64. The number of aromatic nitrogens is 2. The van der Waals surface area contributed by atoms with Crippen molar-refractivity contribution in [3.63, 3.8) is 0 Å². The maximum atomic E-state index is 6.01. The Morgan fingerprint density at radius 2 is 2.09 bits per heavy atom. The number of aryl methyl sites for hydroxylation is 1. The Kier molecular flexibility index (Phi) is 3.98. The smallest absolute Gasteiger partial charge is 0.153 e. The van der Waals surface area contributed by atoms with E-state index in [2.05, 4.69) is 33.7 Å². The lowest BCUT2D eigenvalue weighted by Gasteiger charge is -2.09. The first kappa shape index (κ1) is 14.4. The first-order chi connectivity index (χ1) is 10.7. The van der Waals surface area contributed by atoms with E-state index in [1.807, 2.05) is 31.3 Å². The van der Waals surface area contributed by atoms with E-state index in [0.717, 1.165) is 5.69 Å². The van der Waals surface area contributed by atoms with Gasteiger partial charge >= 0.3 is 0 Å². The van der Waals surface area contributed by atoms with Crippen LogP contribution in [0.3, 0.4) is 0 Å². The lowest BCUT2D eigenvalue weighted by atomic mass is 10.0. The summed E-state index contributed by atoms with van der Waals surface area (Å²) in [6.45, 7) is 5.70. The van der Waals surface area contributed by atoms with Gasteiger partial charge in [0, 0.05) is 12.6 Å². The van der Waals surface area contributed by atoms with Crippen molar-refractivity contribution in [2.75, 3.05) is 5.73 Å². The largest absolute Gasteiger partial charge is 0.382 e. The molecule has 2 atom stereocenters. The fourth-order valence-corrected chi connectivity index (χ4v) is 2.64. The summed E-state index contributed by atoms with van der Waals surface area (Å²) in [5.41, 5.74) is 9.57. The summed E-state index contributed by atoms with van der Waals surface area (Å²) in [6, 6.07) is 8.19. The molecule has 5 nitrogen and oxygen atoms in total. The highest BCUT2D eigenvalue weighted by molar-refractivity contribution is 5.70. The highest BCUT2D eigenvalue weighted by Gasteiger charge is 2.28. The minimum Gasteiger partial charge on any atom is -0.382 e. The number of ether oxygens (including phenoxy) is 1. The molecule has 0 amide bonds. The molecule has 1 aliphatic rings. The maximum absolute atomic E-state index is 6.01. The van der Waals surface area contributed by atoms with Gasteiger partial charge < -0.3 is 10.5 Å². The van der Waals surface area contributed by atoms with Gasteiger partial charge in [0.2, 0.25) is 0 Å². The van der Waals surface area contributed by atoms with Crippen molar-refractivity contribution >= 4 is 17.7 Å². The summed E-state index contributed by atoms with van der Waals surface area (Å²) in [5, 5.41) is 0. The zero-order chi connectivity index (χ0) is 15.5. The summed E-state index contributed by atoms with van der Waals surface area (Å²) >= 11 is 0. The molecule has 1 aromatic heterocycles. The standard InChI is InChI=1S/C17H18N4O/c1-3-14-12-6-4-5-7-13(12)15(22-14)8-9-19-16-11(2)20-10-21-17(16)18/h3-7,9-10,14-15H,1,8H2,2H3,(H2,18,20,21). The number of nitrogens with two attached hydrogens (primary N) is 1. The number of benzene rings is 1. The van der Waals surface area contributed by atoms with Gasteiger partial charge in [0.1, 0.15) is 18.1 Å². The van der Waals surface area contributed by atoms with E-state index in [4.69, 9.17) is 10.5 Å². The van der Waals surface area contributed by atoms with Gasteiger partial charge in [-0.1, -0.05) is 30.3 Å². The van der Waals surface area contributed by atoms with Gasteiger partial charge in [-0.05, 0) is 18.1 Å². The normalized spacial score (nSPS) is 20.2. The molecule has 0 radical (unpaired) electrons. The third kappa shape index (κ3) is 2.63. The highest BCUT2D eigenvalue weighted by Crippen LogP contribution is 2.40. The average molecular weight is 294 g/mol. The van der Waals surface area contributed by atoms with Crippen LogP contribution in [0.25, 0.3) is 0 Å². The molecule has 0 saturated heterocycles. The van der Waals surface area contributed by atoms with E-state index < -0.39 is 0 Å². The van der Waals surface area contributed by atoms with E-state index in [9.17, 15) is 0 Å². The number of aliphatic imine (C=N–C) groups is 1. The van der Waals surface area contributed by atoms with Gasteiger partial charge in [0.05, 0.1) is 11.8 Å². The third-order valence-electron chi connectivity index (χ3n) is 3.75. The Morgan fingerprint density at radius 3 is 2.82 bits per heavy atom. The van der Waals surface area contributed by atoms with E-state index in [-0.39, 0.29) is 12.2 Å². The highest BCUT2D eigenvalue weighted by atomic mass is 16.5. The van der Waals surface area contributed by atoms with Crippen LogP contribution in [0.15, 0.2) is 48.2 Å². The first-order valence-electron chi connectivity index (χ1n) is 7.17. The van der Waals surface area contributed by atoms with Crippen molar-refractivity contribution in [1.29, 1.82) is 0 Å². The quantitative estimate of drug-likeness (QED) is 0.692. The topological polar surface area (TPSA) is 73.4 Å². The second-order valence-corrected chi connectivity index (χ2v) is 5.15. The van der Waals surface area contributed by atoms with Crippen molar-refractivity contribution in [3.05, 3.63) is 60.1 Å². The van der Waals surface area contributed by atoms with Crippen LogP contribution >= 0.6 is 0 Å². The molecule has 5 heteroatoms. The zero-order valence-corrected chi connectivity index (χ0v) is 12.4. The Balaban J connectivity index is 1.78. The number of nitrogen functional groups attached to an aromatic ring is 1. The molecule has 0 saturated carbocycles. The lowest BCUT2D eigenvalue weighted by molar-refractivity contribution is 0.0433. The first-order valence-corrected chi connectivity index (χ1v) is 7.17. The Bertz CT molecular complexity index is 706. The molecule has 22 heavy (non-hydrogen) atoms. The summed E-state index contributed by atoms with van der Waals surface area (Å²) in [7, 11) is 0. The number of rotatable bonds is 4. The van der Waals surface area contributed by atoms with Crippen molar-refractivity contribution in [3.8, 4) is 0 Å². The van der Waals surface area contributed by atoms with Crippen LogP contribution < -0.4 is 5.73 Å². The molecule has 0 fully saturated rings. The van der Waals surface area contributed by atoms with Crippen molar-refractivity contribution in [1.82, 2.24) is 9.97 Å². The predicted molar refractivity (Wildman–Crippen MR) is 87.2 cm³/mol. The van der Waals surface area contributed by atoms with Crippen LogP contribution in [-0.4, -0.2) is 16.2 Å². The van der Waals surface area contributed by atoms with Gasteiger partial charge in [0.15, 0.2) is 5.82 Å². The van der Waals surface area contributed by atoms with Crippen molar-refractivity contribution in [2.45, 2.75) is 25.6 Å². The molecule has 0 spiro atoms. The second kappa shape index (κ2) is 6.07. The Hall–Kier alpha value is -2.53. The molecule has 2 aromatic rings. The van der Waals surface area contributed by atoms with E-state index in [1.165, 1.54) is 17.5 Å². The van der Waals surface area contributed by atoms with E-state index >= 15 is 0 Å². The molecular weight excluding hydrogens is 276 g/mol. The molecule has 1 aromatic carbocycles. The Morgan fingerprint density at radius 1 is 1.32 bits per heavy atom. The van der Waals surface area contributed by atoms with Gasteiger partial charge in [-0.15, -0.1) is 6.58 Å². The van der Waals surface area contributed by atoms with E-state index in [1.54, 1.807) is 0 Å². The number of hydrogen-bond donors (Lipinski definition) is 1. The predicted octanol–water partition coefficient (Wildman–Crippen LogP) is 3.46. The molecular formula is C17H18N4O. The van der Waals surface area contributed by atoms with Crippen molar-refractivity contribution < 1.29 is 4.74 Å². The van der Waals surface area contributed by atoms with Gasteiger partial charge in [-0.2, -0.15) is 0 Å². The van der Waals surface area contributed by atoms with Crippen LogP contribution in [0, 0.1) is 6.92 Å². The molecule has 2 unspecified atom stereocenters. The lowest BCUT2D eigenvalue weighted by Crippen LogP contribution is -1.98. The average Bonchev–Trinajstić information content (AvgIpc) is 2.88. The molecule has 0 aliphatic carbocycles. The van der Waals surface area contributed by atoms with Crippen LogP contribution in [0.2, 0.25) is 0 Å². The number of fused-ring (bicyclic) bond motifs is 1. The van der Waals surface area contributed by atoms with Crippen molar-refractivity contribution in [2.24, 2.45) is 4.99 Å². The zero-order valence-electron chi connectivity index (χ0n) is 12.4. The molecule has 112 valence electrons. The molecule has 2 heterocycles. The molecule has 1 aliphatic heterocycles. The van der Waals surface area contributed by atoms with Gasteiger partial charge in [0.25, 0.3) is 0 Å². The van der Waals surface area contributed by atoms with Crippen LogP contribution in [0.1, 0.15) is 35.4 Å². The second-order valence-electron chi connectivity index (χ2n) is 5.15. The minimum absolute atomic E-state index is 0.0193. The van der Waals surface area contributed by atoms with E-state index in [0.29, 0.717) is 17.9 Å². The summed E-state index contributed by atoms with van der Waals surface area (Å²) in [5.74, 6) is 0.389. The summed E-state index contributed by atoms with van der Waals surface area (Å²) in [6.07, 6.45) is 5.66. The van der Waals surface area contributed by atoms with Crippen LogP contribution in [-0.2, 0) is 4.74 Å². The van der Waals surface area contributed by atoms with Crippen LogP contribution in [0.4, 0.5) is 11.5 Å². The molecule has 3 rings (SSSR count). The maximum Gasteiger partial charge on any atom is 0.153 e. The van der Waals surface area contributed by atoms with Crippen LogP contribution in [0.5, 0.6) is 0 Å². The molecule has 2 N–H and O–H groups in total. The Labute approximate surface area is 129 Å². The van der Waals surface area contributed by atoms with Gasteiger partial charge in [-0.3, -0.25) is 4.99 Å². The minimum atomic E-state index is -0.0542. The number of nitrogens with zero attached hydrogens (tertiary/aromatic N) is 3. The number of anilines is 1. The number of hydrogen-bond acceptors (Lipinski definition) is 5. The summed E-state index contributed by atoms with van der Waals surface area (Å²) < 4.78 is 6.01. The third-order valence-corrected chi connectivity index (χ3v) is 3.75. The van der Waals surface area contributed by atoms with Gasteiger partial charge in [-0.25, -0.2) is 9.97 Å². The molecule has 0 bridgehead atoms. The summed E-state index contributed by atoms with van der Waals surface area (Å²) in [4.78, 5) is 12.5. The SMILES string of the molecule is C=CC1OC(CC=Nc2c(C)ncnc2N)c2ccccc21. The fraction of sp³-hybridized carbons (Fsp3) is 0.235. The monoisotopic (exact) mass is 294 g/mol.